The molecule has 0 saturated heterocycles. The lowest BCUT2D eigenvalue weighted by Crippen LogP contribution is -2.23. The number of carbonyl (C=O) groups excluding carboxylic acids is 1. The van der Waals surface area contributed by atoms with Crippen LogP contribution in [-0.2, 0) is 13.0 Å². The summed E-state index contributed by atoms with van der Waals surface area (Å²) < 4.78 is 7.00. The predicted molar refractivity (Wildman–Crippen MR) is 111 cm³/mol. The van der Waals surface area contributed by atoms with Gasteiger partial charge in [0.25, 0.3) is 11.8 Å². The molecule has 3 aromatic heterocycles. The third-order valence-corrected chi connectivity index (χ3v) is 4.59. The van der Waals surface area contributed by atoms with Crippen molar-refractivity contribution in [2.24, 2.45) is 0 Å². The number of rotatable bonds is 7. The molecule has 0 bridgehead atoms. The van der Waals surface area contributed by atoms with Crippen LogP contribution < -0.4 is 5.32 Å². The van der Waals surface area contributed by atoms with Gasteiger partial charge in [-0.2, -0.15) is 4.98 Å². The number of pyridine rings is 1. The molecule has 152 valence electrons. The number of aryl methyl sites for hydroxylation is 1. The van der Waals surface area contributed by atoms with Gasteiger partial charge in [0, 0.05) is 35.9 Å². The minimum absolute atomic E-state index is 0.284. The van der Waals surface area contributed by atoms with Crippen molar-refractivity contribution in [3.63, 3.8) is 0 Å². The lowest BCUT2D eigenvalue weighted by molar-refractivity contribution is 0.0946. The summed E-state index contributed by atoms with van der Waals surface area (Å²) in [6.07, 6.45) is 6.51. The summed E-state index contributed by atoms with van der Waals surface area (Å²) in [6, 6.07) is 10.9. The highest BCUT2D eigenvalue weighted by Crippen LogP contribution is 2.19. The minimum atomic E-state index is -0.286. The first kappa shape index (κ1) is 19.8. The smallest absolute Gasteiger partial charge is 0.271 e. The second-order valence-corrected chi connectivity index (χ2v) is 7.08. The van der Waals surface area contributed by atoms with Gasteiger partial charge in [-0.3, -0.25) is 9.36 Å². The summed E-state index contributed by atoms with van der Waals surface area (Å²) in [6.45, 7) is 2.42. The van der Waals surface area contributed by atoms with E-state index in [0.29, 0.717) is 29.1 Å². The van der Waals surface area contributed by atoms with E-state index in [2.05, 4.69) is 32.3 Å². The molecule has 1 aromatic carbocycles. The number of hydrogen-bond donors (Lipinski definition) is 1. The molecule has 3 heterocycles. The van der Waals surface area contributed by atoms with Crippen molar-refractivity contribution in [3.05, 3.63) is 77.2 Å². The van der Waals surface area contributed by atoms with Gasteiger partial charge in [0.15, 0.2) is 5.82 Å². The summed E-state index contributed by atoms with van der Waals surface area (Å²) in [7, 11) is 0. The maximum atomic E-state index is 12.4. The molecule has 8 nitrogen and oxygen atoms in total. The van der Waals surface area contributed by atoms with Crippen molar-refractivity contribution in [1.29, 1.82) is 0 Å². The fourth-order valence-corrected chi connectivity index (χ4v) is 3.09. The number of benzene rings is 1. The average Bonchev–Trinajstić information content (AvgIpc) is 3.43. The first-order valence-electron chi connectivity index (χ1n) is 9.48. The fourth-order valence-electron chi connectivity index (χ4n) is 2.87. The van der Waals surface area contributed by atoms with E-state index in [4.69, 9.17) is 16.1 Å². The summed E-state index contributed by atoms with van der Waals surface area (Å²) >= 11 is 5.97. The largest absolute Gasteiger partial charge is 0.347 e. The van der Waals surface area contributed by atoms with Crippen molar-refractivity contribution in [2.45, 2.75) is 26.3 Å². The minimum Gasteiger partial charge on any atom is -0.347 e. The number of nitrogens with one attached hydrogen (secondary N) is 1. The molecular formula is C21H19ClN6O2. The van der Waals surface area contributed by atoms with Crippen molar-refractivity contribution >= 4 is 17.5 Å². The normalized spacial score (nSPS) is 10.9. The molecule has 0 spiro atoms. The number of carbonyl (C=O) groups is 1. The molecule has 0 saturated carbocycles. The van der Waals surface area contributed by atoms with Gasteiger partial charge in [-0.05, 0) is 36.2 Å². The molecule has 0 fully saturated rings. The van der Waals surface area contributed by atoms with Crippen LogP contribution in [0.25, 0.3) is 17.3 Å². The SMILES string of the molecule is CCCc1noc(-c2ccnc(-n3cnc(C(=O)NCc4cccc(Cl)c4)c3)c2)n1. The van der Waals surface area contributed by atoms with Crippen LogP contribution in [0.3, 0.4) is 0 Å². The Balaban J connectivity index is 1.47. The number of nitrogens with zero attached hydrogens (tertiary/aromatic N) is 5. The third kappa shape index (κ3) is 4.55. The van der Waals surface area contributed by atoms with E-state index in [-0.39, 0.29) is 11.6 Å². The van der Waals surface area contributed by atoms with E-state index in [1.54, 1.807) is 41.2 Å². The molecule has 4 aromatic rings. The van der Waals surface area contributed by atoms with Gasteiger partial charge in [-0.25, -0.2) is 9.97 Å². The Hall–Kier alpha value is -3.52. The Bertz CT molecular complexity index is 1170. The molecule has 9 heteroatoms. The van der Waals surface area contributed by atoms with E-state index in [1.165, 1.54) is 6.33 Å². The quantitative estimate of drug-likeness (QED) is 0.485. The van der Waals surface area contributed by atoms with Crippen LogP contribution in [0.5, 0.6) is 0 Å². The molecule has 0 radical (unpaired) electrons. The standard InChI is InChI=1S/C21H19ClN6O2/c1-2-4-18-26-21(30-27-18)15-7-8-23-19(10-15)28-12-17(25-13-28)20(29)24-11-14-5-3-6-16(22)9-14/h3,5-10,12-13H,2,4,11H2,1H3,(H,24,29). The molecule has 0 aliphatic rings. The van der Waals surface area contributed by atoms with Crippen LogP contribution in [-0.4, -0.2) is 30.6 Å². The molecule has 4 rings (SSSR count). The molecule has 0 aliphatic carbocycles. The van der Waals surface area contributed by atoms with Crippen LogP contribution in [0.4, 0.5) is 0 Å². The number of aromatic nitrogens is 5. The zero-order valence-electron chi connectivity index (χ0n) is 16.2. The van der Waals surface area contributed by atoms with Crippen molar-refractivity contribution in [1.82, 2.24) is 30.0 Å². The number of hydrogen-bond acceptors (Lipinski definition) is 6. The van der Waals surface area contributed by atoms with Gasteiger partial charge in [0.1, 0.15) is 17.8 Å². The molecule has 1 N–H and O–H groups in total. The zero-order valence-corrected chi connectivity index (χ0v) is 17.0. The van der Waals surface area contributed by atoms with Crippen molar-refractivity contribution in [3.8, 4) is 17.3 Å². The lowest BCUT2D eigenvalue weighted by Gasteiger charge is -2.04. The summed E-state index contributed by atoms with van der Waals surface area (Å²) in [4.78, 5) is 25.3. The number of halogens is 1. The van der Waals surface area contributed by atoms with Crippen LogP contribution in [0.2, 0.25) is 5.02 Å². The second kappa shape index (κ2) is 8.87. The molecule has 30 heavy (non-hydrogen) atoms. The van der Waals surface area contributed by atoms with Crippen LogP contribution in [0.15, 0.2) is 59.6 Å². The van der Waals surface area contributed by atoms with E-state index >= 15 is 0 Å². The molecule has 0 atom stereocenters. The van der Waals surface area contributed by atoms with E-state index in [9.17, 15) is 4.79 Å². The van der Waals surface area contributed by atoms with Crippen LogP contribution in [0.1, 0.15) is 35.2 Å². The topological polar surface area (TPSA) is 98.7 Å². The fraction of sp³-hybridized carbons (Fsp3) is 0.190. The predicted octanol–water partition coefficient (Wildman–Crippen LogP) is 3.85. The molecule has 1 amide bonds. The van der Waals surface area contributed by atoms with E-state index in [1.807, 2.05) is 12.1 Å². The molecular weight excluding hydrogens is 404 g/mol. The highest BCUT2D eigenvalue weighted by molar-refractivity contribution is 6.30. The van der Waals surface area contributed by atoms with Crippen LogP contribution in [0, 0.1) is 0 Å². The Morgan fingerprint density at radius 2 is 2.13 bits per heavy atom. The van der Waals surface area contributed by atoms with Gasteiger partial charge in [0.2, 0.25) is 0 Å². The summed E-state index contributed by atoms with van der Waals surface area (Å²) in [5, 5.41) is 7.43. The Morgan fingerprint density at radius 3 is 2.97 bits per heavy atom. The molecule has 0 unspecified atom stereocenters. The summed E-state index contributed by atoms with van der Waals surface area (Å²) in [5.74, 6) is 1.41. The van der Waals surface area contributed by atoms with Crippen LogP contribution >= 0.6 is 11.6 Å². The van der Waals surface area contributed by atoms with Gasteiger partial charge < -0.3 is 9.84 Å². The van der Waals surface area contributed by atoms with Gasteiger partial charge in [0.05, 0.1) is 0 Å². The van der Waals surface area contributed by atoms with Gasteiger partial charge in [-0.1, -0.05) is 35.8 Å². The monoisotopic (exact) mass is 422 g/mol. The Morgan fingerprint density at radius 1 is 1.23 bits per heavy atom. The Kier molecular flexibility index (Phi) is 5.85. The third-order valence-electron chi connectivity index (χ3n) is 4.36. The maximum absolute atomic E-state index is 12.4. The molecule has 0 aliphatic heterocycles. The summed E-state index contributed by atoms with van der Waals surface area (Å²) in [5.41, 5.74) is 1.94. The Labute approximate surface area is 177 Å². The number of amides is 1. The zero-order chi connectivity index (χ0) is 20.9. The first-order valence-corrected chi connectivity index (χ1v) is 9.86. The van der Waals surface area contributed by atoms with Crippen molar-refractivity contribution < 1.29 is 9.32 Å². The lowest BCUT2D eigenvalue weighted by atomic mass is 10.2. The highest BCUT2D eigenvalue weighted by atomic mass is 35.5. The maximum Gasteiger partial charge on any atom is 0.271 e. The second-order valence-electron chi connectivity index (χ2n) is 6.65. The van der Waals surface area contributed by atoms with Gasteiger partial charge >= 0.3 is 0 Å². The first-order chi connectivity index (χ1) is 14.6. The van der Waals surface area contributed by atoms with E-state index < -0.39 is 0 Å². The highest BCUT2D eigenvalue weighted by Gasteiger charge is 2.13. The average molecular weight is 423 g/mol. The van der Waals surface area contributed by atoms with E-state index in [0.717, 1.165) is 24.0 Å². The number of imidazole rings is 1. The van der Waals surface area contributed by atoms with Gasteiger partial charge in [-0.15, -0.1) is 0 Å². The van der Waals surface area contributed by atoms with Crippen molar-refractivity contribution in [2.75, 3.05) is 0 Å².